The molecular weight excluding hydrogens is 501 g/mol. The van der Waals surface area contributed by atoms with Crippen molar-refractivity contribution in [2.75, 3.05) is 44.7 Å². The lowest BCUT2D eigenvalue weighted by Gasteiger charge is -2.37. The van der Waals surface area contributed by atoms with Gasteiger partial charge in [-0.1, -0.05) is 42.5 Å². The molecule has 0 atom stereocenters. The maximum atomic E-state index is 12.0. The molecule has 0 aliphatic carbocycles. The van der Waals surface area contributed by atoms with Crippen molar-refractivity contribution < 1.29 is 4.79 Å². The summed E-state index contributed by atoms with van der Waals surface area (Å²) >= 11 is 0. The van der Waals surface area contributed by atoms with Crippen molar-refractivity contribution in [2.24, 2.45) is 4.99 Å². The molecule has 4 rings (SSSR count). The number of amides is 1. The zero-order valence-corrected chi connectivity index (χ0v) is 20.5. The van der Waals surface area contributed by atoms with Gasteiger partial charge in [0.2, 0.25) is 5.91 Å². The monoisotopic (exact) mass is 533 g/mol. The smallest absolute Gasteiger partial charge is 0.222 e. The molecule has 0 aromatic heterocycles. The molecule has 2 aliphatic heterocycles. The average Bonchev–Trinajstić information content (AvgIpc) is 3.20. The van der Waals surface area contributed by atoms with Gasteiger partial charge >= 0.3 is 0 Å². The van der Waals surface area contributed by atoms with Gasteiger partial charge in [0.05, 0.1) is 0 Å². The number of aliphatic imine (C=N–C) groups is 1. The first kappa shape index (κ1) is 23.4. The van der Waals surface area contributed by atoms with Gasteiger partial charge in [-0.05, 0) is 29.7 Å². The minimum atomic E-state index is 0. The van der Waals surface area contributed by atoms with E-state index in [1.807, 2.05) is 11.9 Å². The molecule has 0 unspecified atom stereocenters. The van der Waals surface area contributed by atoms with E-state index in [2.05, 4.69) is 74.7 Å². The Kier molecular flexibility index (Phi) is 8.57. The van der Waals surface area contributed by atoms with Crippen LogP contribution < -0.4 is 10.2 Å². The molecule has 2 saturated heterocycles. The van der Waals surface area contributed by atoms with Gasteiger partial charge < -0.3 is 20.0 Å². The molecule has 2 aromatic carbocycles. The van der Waals surface area contributed by atoms with Crippen LogP contribution in [0.4, 0.5) is 5.69 Å². The summed E-state index contributed by atoms with van der Waals surface area (Å²) in [6.07, 6.45) is 1.66. The molecule has 2 aliphatic rings. The van der Waals surface area contributed by atoms with Gasteiger partial charge in [-0.3, -0.25) is 9.79 Å². The number of para-hydroxylation sites is 1. The van der Waals surface area contributed by atoms with Crippen LogP contribution >= 0.6 is 24.0 Å². The SMILES string of the molecule is CN=C(NCc1ccccc1CN1CCCC1=O)N1CCN(c2ccccc2)CC1.I. The van der Waals surface area contributed by atoms with Crippen molar-refractivity contribution in [2.45, 2.75) is 25.9 Å². The van der Waals surface area contributed by atoms with Crippen LogP contribution in [0.1, 0.15) is 24.0 Å². The molecule has 0 spiro atoms. The highest BCUT2D eigenvalue weighted by molar-refractivity contribution is 14.0. The van der Waals surface area contributed by atoms with Gasteiger partial charge in [-0.2, -0.15) is 0 Å². The quantitative estimate of drug-likeness (QED) is 0.364. The Labute approximate surface area is 202 Å². The number of anilines is 1. The highest BCUT2D eigenvalue weighted by atomic mass is 127. The number of carbonyl (C=O) groups excluding carboxylic acids is 1. The van der Waals surface area contributed by atoms with Crippen LogP contribution in [0.5, 0.6) is 0 Å². The lowest BCUT2D eigenvalue weighted by Crippen LogP contribution is -2.52. The summed E-state index contributed by atoms with van der Waals surface area (Å²) in [5.74, 6) is 1.21. The number of nitrogens with zero attached hydrogens (tertiary/aromatic N) is 4. The second-order valence-electron chi connectivity index (χ2n) is 7.90. The molecule has 1 amide bonds. The van der Waals surface area contributed by atoms with Crippen LogP contribution in [-0.2, 0) is 17.9 Å². The zero-order valence-electron chi connectivity index (χ0n) is 18.2. The number of rotatable bonds is 5. The first-order valence-electron chi connectivity index (χ1n) is 10.8. The van der Waals surface area contributed by atoms with E-state index < -0.39 is 0 Å². The van der Waals surface area contributed by atoms with Crippen molar-refractivity contribution in [3.05, 3.63) is 65.7 Å². The number of likely N-dealkylation sites (tertiary alicyclic amines) is 1. The van der Waals surface area contributed by atoms with E-state index in [-0.39, 0.29) is 29.9 Å². The molecule has 2 aromatic rings. The molecule has 2 heterocycles. The molecule has 0 bridgehead atoms. The van der Waals surface area contributed by atoms with E-state index in [0.717, 1.165) is 45.1 Å². The van der Waals surface area contributed by atoms with Crippen LogP contribution in [0.25, 0.3) is 0 Å². The Bertz CT molecular complexity index is 881. The fourth-order valence-corrected chi connectivity index (χ4v) is 4.28. The van der Waals surface area contributed by atoms with E-state index >= 15 is 0 Å². The normalized spacial score (nSPS) is 17.0. The number of hydrogen-bond donors (Lipinski definition) is 1. The van der Waals surface area contributed by atoms with E-state index in [1.165, 1.54) is 16.8 Å². The maximum absolute atomic E-state index is 12.0. The summed E-state index contributed by atoms with van der Waals surface area (Å²) in [6.45, 7) is 6.14. The molecule has 6 nitrogen and oxygen atoms in total. The minimum absolute atomic E-state index is 0. The van der Waals surface area contributed by atoms with Gasteiger partial charge in [0.25, 0.3) is 0 Å². The Balaban J connectivity index is 0.00000272. The second kappa shape index (κ2) is 11.4. The first-order chi connectivity index (χ1) is 14.7. The van der Waals surface area contributed by atoms with Crippen LogP contribution in [0.2, 0.25) is 0 Å². The van der Waals surface area contributed by atoms with Crippen molar-refractivity contribution >= 4 is 41.5 Å². The highest BCUT2D eigenvalue weighted by Crippen LogP contribution is 2.18. The molecule has 7 heteroatoms. The lowest BCUT2D eigenvalue weighted by atomic mass is 10.1. The number of halogens is 1. The number of carbonyl (C=O) groups is 1. The van der Waals surface area contributed by atoms with Crippen molar-refractivity contribution in [1.82, 2.24) is 15.1 Å². The number of benzene rings is 2. The van der Waals surface area contributed by atoms with E-state index in [4.69, 9.17) is 0 Å². The molecule has 0 saturated carbocycles. The predicted octanol–water partition coefficient (Wildman–Crippen LogP) is 3.32. The Hall–Kier alpha value is -2.29. The second-order valence-corrected chi connectivity index (χ2v) is 7.90. The summed E-state index contributed by atoms with van der Waals surface area (Å²) in [5, 5.41) is 3.54. The summed E-state index contributed by atoms with van der Waals surface area (Å²) in [5.41, 5.74) is 3.72. The van der Waals surface area contributed by atoms with Gasteiger partial charge in [0, 0.05) is 65.0 Å². The Morgan fingerprint density at radius 2 is 1.61 bits per heavy atom. The van der Waals surface area contributed by atoms with Gasteiger partial charge in [0.15, 0.2) is 5.96 Å². The average molecular weight is 533 g/mol. The largest absolute Gasteiger partial charge is 0.368 e. The van der Waals surface area contributed by atoms with E-state index in [0.29, 0.717) is 19.5 Å². The van der Waals surface area contributed by atoms with Crippen molar-refractivity contribution in [1.29, 1.82) is 0 Å². The fraction of sp³-hybridized carbons (Fsp3) is 0.417. The van der Waals surface area contributed by atoms with Crippen molar-refractivity contribution in [3.63, 3.8) is 0 Å². The Morgan fingerprint density at radius 1 is 0.935 bits per heavy atom. The highest BCUT2D eigenvalue weighted by Gasteiger charge is 2.22. The number of guanidine groups is 1. The molecular formula is C24H32IN5O. The molecule has 1 N–H and O–H groups in total. The summed E-state index contributed by atoms with van der Waals surface area (Å²) < 4.78 is 0. The standard InChI is InChI=1S/C24H31N5O.HI/c1-25-24(28-16-14-27(15-17-28)22-10-3-2-4-11-22)26-18-20-8-5-6-9-21(20)19-29-13-7-12-23(29)30;/h2-6,8-11H,7,12-19H2,1H3,(H,25,26);1H. The van der Waals surface area contributed by atoms with Gasteiger partial charge in [-0.15, -0.1) is 24.0 Å². The predicted molar refractivity (Wildman–Crippen MR) is 137 cm³/mol. The van der Waals surface area contributed by atoms with Crippen LogP contribution in [0.3, 0.4) is 0 Å². The van der Waals surface area contributed by atoms with Gasteiger partial charge in [-0.25, -0.2) is 0 Å². The van der Waals surface area contributed by atoms with Crippen LogP contribution in [0.15, 0.2) is 59.6 Å². The molecule has 166 valence electrons. The van der Waals surface area contributed by atoms with Crippen LogP contribution in [0, 0.1) is 0 Å². The maximum Gasteiger partial charge on any atom is 0.222 e. The Morgan fingerprint density at radius 3 is 2.26 bits per heavy atom. The molecule has 31 heavy (non-hydrogen) atoms. The third kappa shape index (κ3) is 5.90. The van der Waals surface area contributed by atoms with Crippen LogP contribution in [-0.4, -0.2) is 61.4 Å². The van der Waals surface area contributed by atoms with E-state index in [1.54, 1.807) is 0 Å². The van der Waals surface area contributed by atoms with E-state index in [9.17, 15) is 4.79 Å². The lowest BCUT2D eigenvalue weighted by molar-refractivity contribution is -0.128. The summed E-state index contributed by atoms with van der Waals surface area (Å²) in [6, 6.07) is 19.0. The number of nitrogens with one attached hydrogen (secondary N) is 1. The number of hydrogen-bond acceptors (Lipinski definition) is 3. The third-order valence-electron chi connectivity index (χ3n) is 6.00. The summed E-state index contributed by atoms with van der Waals surface area (Å²) in [7, 11) is 1.85. The zero-order chi connectivity index (χ0) is 20.8. The minimum Gasteiger partial charge on any atom is -0.368 e. The van der Waals surface area contributed by atoms with Gasteiger partial charge in [0.1, 0.15) is 0 Å². The third-order valence-corrected chi connectivity index (χ3v) is 6.00. The summed E-state index contributed by atoms with van der Waals surface area (Å²) in [4.78, 5) is 23.3. The molecule has 2 fully saturated rings. The first-order valence-corrected chi connectivity index (χ1v) is 10.8. The fourth-order valence-electron chi connectivity index (χ4n) is 4.28. The topological polar surface area (TPSA) is 51.2 Å². The molecule has 0 radical (unpaired) electrons. The van der Waals surface area contributed by atoms with Crippen molar-refractivity contribution in [3.8, 4) is 0 Å². The number of piperazine rings is 1.